The van der Waals surface area contributed by atoms with E-state index in [0.29, 0.717) is 47.6 Å². The summed E-state index contributed by atoms with van der Waals surface area (Å²) in [4.78, 5) is 16.3. The van der Waals surface area contributed by atoms with Crippen molar-refractivity contribution in [3.8, 4) is 11.5 Å². The van der Waals surface area contributed by atoms with Crippen molar-refractivity contribution >= 4 is 11.7 Å². The van der Waals surface area contributed by atoms with Crippen LogP contribution in [0, 0.1) is 0 Å². The van der Waals surface area contributed by atoms with Gasteiger partial charge in [0.25, 0.3) is 5.82 Å². The lowest BCUT2D eigenvalue weighted by Gasteiger charge is -2.32. The fourth-order valence-corrected chi connectivity index (χ4v) is 3.69. The quantitative estimate of drug-likeness (QED) is 0.861. The molecule has 0 fully saturated rings. The average molecular weight is 394 g/mol. The van der Waals surface area contributed by atoms with Crippen molar-refractivity contribution in [2.75, 3.05) is 19.5 Å². The molecule has 0 saturated heterocycles. The smallest absolute Gasteiger partial charge is 0.453 e. The largest absolute Gasteiger partial charge is 0.493 e. The van der Waals surface area contributed by atoms with E-state index in [0.717, 1.165) is 4.68 Å². The number of ketones is 1. The number of allylic oxidation sites excluding steroid dienone is 2. The summed E-state index contributed by atoms with van der Waals surface area (Å²) in [5.41, 5.74) is 1.43. The number of benzene rings is 1. The molecule has 1 N–H and O–H groups in total. The van der Waals surface area contributed by atoms with Crippen molar-refractivity contribution in [1.82, 2.24) is 14.8 Å². The molecule has 1 aromatic carbocycles. The Balaban J connectivity index is 1.97. The highest BCUT2D eigenvalue weighted by Crippen LogP contribution is 2.45. The Labute approximate surface area is 158 Å². The van der Waals surface area contributed by atoms with Gasteiger partial charge in [0.1, 0.15) is 6.04 Å². The third-order valence-electron chi connectivity index (χ3n) is 4.85. The standard InChI is InChI=1S/C18H17F3N4O3/c1-27-12-8-3-5-9(15(12)28-2)14-13-10(6-4-7-11(13)26)22-17-23-16(18(19,20)21)24-25(14)17/h3,5,8,14H,4,6-7H2,1-2H3,(H,22,23,24)/t14-/m0/s1. The second-order valence-electron chi connectivity index (χ2n) is 6.48. The molecule has 7 nitrogen and oxygen atoms in total. The van der Waals surface area contributed by atoms with Crippen LogP contribution in [-0.4, -0.2) is 34.8 Å². The van der Waals surface area contributed by atoms with E-state index in [9.17, 15) is 18.0 Å². The van der Waals surface area contributed by atoms with Crippen LogP contribution in [0.2, 0.25) is 0 Å². The van der Waals surface area contributed by atoms with Crippen LogP contribution >= 0.6 is 0 Å². The maximum atomic E-state index is 13.2. The number of alkyl halides is 3. The summed E-state index contributed by atoms with van der Waals surface area (Å²) in [5.74, 6) is -0.734. The summed E-state index contributed by atoms with van der Waals surface area (Å²) in [6.07, 6.45) is -3.23. The average Bonchev–Trinajstić information content (AvgIpc) is 3.10. The van der Waals surface area contributed by atoms with Crippen LogP contribution in [0.25, 0.3) is 0 Å². The van der Waals surface area contributed by atoms with Crippen molar-refractivity contribution in [2.24, 2.45) is 0 Å². The van der Waals surface area contributed by atoms with Crippen LogP contribution in [0.3, 0.4) is 0 Å². The van der Waals surface area contributed by atoms with Gasteiger partial charge >= 0.3 is 6.18 Å². The SMILES string of the molecule is COc1cccc([C@H]2C3=C(CCCC3=O)Nc3nc(C(F)(F)F)nn32)c1OC. The Morgan fingerprint density at radius 2 is 2.00 bits per heavy atom. The number of halogens is 3. The molecule has 28 heavy (non-hydrogen) atoms. The number of nitrogens with one attached hydrogen (secondary N) is 1. The molecule has 0 saturated carbocycles. The Morgan fingerprint density at radius 1 is 1.21 bits per heavy atom. The number of nitrogens with zero attached hydrogens (tertiary/aromatic N) is 3. The first-order valence-corrected chi connectivity index (χ1v) is 8.63. The number of ether oxygens (including phenoxy) is 2. The van der Waals surface area contributed by atoms with Gasteiger partial charge in [-0.05, 0) is 18.9 Å². The molecule has 0 bridgehead atoms. The molecule has 2 heterocycles. The molecule has 0 amide bonds. The maximum Gasteiger partial charge on any atom is 0.453 e. The molecule has 4 rings (SSSR count). The number of fused-ring (bicyclic) bond motifs is 1. The third kappa shape index (κ3) is 2.79. The molecule has 0 unspecified atom stereocenters. The molecule has 2 aromatic rings. The van der Waals surface area contributed by atoms with Crippen LogP contribution in [0.1, 0.15) is 36.7 Å². The number of para-hydroxylation sites is 1. The van der Waals surface area contributed by atoms with Gasteiger partial charge in [0.05, 0.1) is 14.2 Å². The lowest BCUT2D eigenvalue weighted by molar-refractivity contribution is -0.145. The molecule has 1 aromatic heterocycles. The van der Waals surface area contributed by atoms with Gasteiger partial charge in [-0.2, -0.15) is 18.2 Å². The zero-order chi connectivity index (χ0) is 20.1. The zero-order valence-electron chi connectivity index (χ0n) is 15.1. The van der Waals surface area contributed by atoms with Gasteiger partial charge in [0.15, 0.2) is 17.3 Å². The van der Waals surface area contributed by atoms with Gasteiger partial charge in [-0.1, -0.05) is 12.1 Å². The normalized spacial score (nSPS) is 19.0. The van der Waals surface area contributed by atoms with Gasteiger partial charge < -0.3 is 14.8 Å². The second-order valence-corrected chi connectivity index (χ2v) is 6.48. The van der Waals surface area contributed by atoms with Crippen LogP contribution in [0.4, 0.5) is 19.1 Å². The Bertz CT molecular complexity index is 981. The van der Waals surface area contributed by atoms with Crippen molar-refractivity contribution in [2.45, 2.75) is 31.5 Å². The molecule has 1 aliphatic heterocycles. The predicted molar refractivity (Wildman–Crippen MR) is 92.2 cm³/mol. The van der Waals surface area contributed by atoms with Crippen molar-refractivity contribution in [3.63, 3.8) is 0 Å². The number of Topliss-reactive ketones (excluding diaryl/α,β-unsaturated/α-hetero) is 1. The van der Waals surface area contributed by atoms with Crippen molar-refractivity contribution < 1.29 is 27.4 Å². The van der Waals surface area contributed by atoms with Crippen LogP contribution < -0.4 is 14.8 Å². The monoisotopic (exact) mass is 394 g/mol. The summed E-state index contributed by atoms with van der Waals surface area (Å²) in [7, 11) is 2.90. The number of hydrogen-bond acceptors (Lipinski definition) is 6. The highest BCUT2D eigenvalue weighted by molar-refractivity contribution is 5.99. The fourth-order valence-electron chi connectivity index (χ4n) is 3.69. The Morgan fingerprint density at radius 3 is 2.68 bits per heavy atom. The van der Waals surface area contributed by atoms with Crippen molar-refractivity contribution in [3.05, 3.63) is 40.9 Å². The van der Waals surface area contributed by atoms with E-state index in [2.05, 4.69) is 15.4 Å². The van der Waals surface area contributed by atoms with Crippen molar-refractivity contribution in [1.29, 1.82) is 0 Å². The third-order valence-corrected chi connectivity index (χ3v) is 4.85. The minimum absolute atomic E-state index is 0.0596. The minimum Gasteiger partial charge on any atom is -0.493 e. The van der Waals surface area contributed by atoms with E-state index >= 15 is 0 Å². The summed E-state index contributed by atoms with van der Waals surface area (Å²) in [5, 5.41) is 6.54. The van der Waals surface area contributed by atoms with Gasteiger partial charge in [0, 0.05) is 23.3 Å². The molecule has 1 aliphatic carbocycles. The van der Waals surface area contributed by atoms with Crippen LogP contribution in [0.5, 0.6) is 11.5 Å². The van der Waals surface area contributed by atoms with E-state index in [1.807, 2.05) is 0 Å². The number of methoxy groups -OCH3 is 2. The van der Waals surface area contributed by atoms with Gasteiger partial charge in [-0.3, -0.25) is 4.79 Å². The number of carbonyl (C=O) groups is 1. The summed E-state index contributed by atoms with van der Waals surface area (Å²) in [6.45, 7) is 0. The van der Waals surface area contributed by atoms with E-state index in [4.69, 9.17) is 9.47 Å². The first kappa shape index (κ1) is 18.3. The predicted octanol–water partition coefficient (Wildman–Crippen LogP) is 3.34. The highest BCUT2D eigenvalue weighted by atomic mass is 19.4. The minimum atomic E-state index is -4.71. The molecule has 2 aliphatic rings. The first-order valence-electron chi connectivity index (χ1n) is 8.63. The van der Waals surface area contributed by atoms with Gasteiger partial charge in [0.2, 0.25) is 5.95 Å². The highest BCUT2D eigenvalue weighted by Gasteiger charge is 2.43. The van der Waals surface area contributed by atoms with E-state index in [1.54, 1.807) is 18.2 Å². The Hall–Kier alpha value is -3.04. The topological polar surface area (TPSA) is 78.3 Å². The first-order chi connectivity index (χ1) is 13.3. The molecule has 1 atom stereocenters. The van der Waals surface area contributed by atoms with Gasteiger partial charge in [-0.25, -0.2) is 4.68 Å². The van der Waals surface area contributed by atoms with E-state index < -0.39 is 18.0 Å². The maximum absolute atomic E-state index is 13.2. The number of hydrogen-bond donors (Lipinski definition) is 1. The number of carbonyl (C=O) groups excluding carboxylic acids is 1. The molecular formula is C18H17F3N4O3. The van der Waals surface area contributed by atoms with Gasteiger partial charge in [-0.15, -0.1) is 5.10 Å². The lowest BCUT2D eigenvalue weighted by Crippen LogP contribution is -2.31. The number of anilines is 1. The van der Waals surface area contributed by atoms with E-state index in [-0.39, 0.29) is 11.7 Å². The summed E-state index contributed by atoms with van der Waals surface area (Å²) < 4.78 is 51.5. The lowest BCUT2D eigenvalue weighted by atomic mass is 9.85. The molecule has 10 heteroatoms. The molecule has 0 radical (unpaired) electrons. The fraction of sp³-hybridized carbons (Fsp3) is 0.389. The number of rotatable bonds is 3. The number of aromatic nitrogens is 3. The molecule has 0 spiro atoms. The molecule has 148 valence electrons. The second kappa shape index (κ2) is 6.54. The summed E-state index contributed by atoms with van der Waals surface area (Å²) >= 11 is 0. The summed E-state index contributed by atoms with van der Waals surface area (Å²) in [6, 6.07) is 4.15. The molecular weight excluding hydrogens is 377 g/mol. The van der Waals surface area contributed by atoms with E-state index in [1.165, 1.54) is 14.2 Å². The van der Waals surface area contributed by atoms with Crippen LogP contribution in [0.15, 0.2) is 29.5 Å². The zero-order valence-corrected chi connectivity index (χ0v) is 15.1. The Kier molecular flexibility index (Phi) is 4.28. The van der Waals surface area contributed by atoms with Crippen LogP contribution in [-0.2, 0) is 11.0 Å².